The second-order valence-electron chi connectivity index (χ2n) is 7.17. The molecule has 0 fully saturated rings. The van der Waals surface area contributed by atoms with Crippen molar-refractivity contribution in [3.05, 3.63) is 82.9 Å². The van der Waals surface area contributed by atoms with Crippen LogP contribution in [0.4, 0.5) is 10.5 Å². The number of carboxylic acid groups (broad SMARTS) is 1. The number of anilines is 1. The van der Waals surface area contributed by atoms with Crippen LogP contribution in [-0.4, -0.2) is 38.1 Å². The molecule has 7 nitrogen and oxygen atoms in total. The lowest BCUT2D eigenvalue weighted by atomic mass is 10.1. The largest absolute Gasteiger partial charge is 0.465 e. The van der Waals surface area contributed by atoms with Gasteiger partial charge in [-0.05, 0) is 30.2 Å². The zero-order chi connectivity index (χ0) is 20.4. The van der Waals surface area contributed by atoms with Crippen LogP contribution < -0.4 is 5.32 Å². The third-order valence-corrected chi connectivity index (χ3v) is 5.05. The predicted molar refractivity (Wildman–Crippen MR) is 109 cm³/mol. The van der Waals surface area contributed by atoms with Crippen LogP contribution in [0.2, 0.25) is 0 Å². The van der Waals surface area contributed by atoms with Gasteiger partial charge in [-0.1, -0.05) is 42.5 Å². The second kappa shape index (κ2) is 7.79. The Hall–Kier alpha value is -3.61. The molecule has 0 atom stereocenters. The molecule has 7 heteroatoms. The number of aromatic nitrogens is 2. The van der Waals surface area contributed by atoms with Gasteiger partial charge in [-0.3, -0.25) is 4.79 Å². The summed E-state index contributed by atoms with van der Waals surface area (Å²) in [5, 5.41) is 12.3. The Morgan fingerprint density at radius 1 is 1.10 bits per heavy atom. The number of aryl methyl sites for hydroxylation is 1. The molecule has 1 aliphatic rings. The predicted octanol–water partition coefficient (Wildman–Crippen LogP) is 3.53. The molecule has 0 bridgehead atoms. The maximum absolute atomic E-state index is 13.0. The van der Waals surface area contributed by atoms with Gasteiger partial charge in [0.2, 0.25) is 0 Å². The Kier molecular flexibility index (Phi) is 5.03. The minimum Gasteiger partial charge on any atom is -0.465 e. The molecule has 3 aromatic rings. The van der Waals surface area contributed by atoms with Gasteiger partial charge in [-0.15, -0.1) is 0 Å². The van der Waals surface area contributed by atoms with Crippen LogP contribution in [0.5, 0.6) is 0 Å². The van der Waals surface area contributed by atoms with Gasteiger partial charge in [0, 0.05) is 25.2 Å². The van der Waals surface area contributed by atoms with Crippen LogP contribution in [0.15, 0.2) is 54.6 Å². The van der Waals surface area contributed by atoms with Gasteiger partial charge in [0.05, 0.1) is 12.2 Å². The molecule has 1 aliphatic heterocycles. The monoisotopic (exact) mass is 390 g/mol. The number of carbonyl (C=O) groups excluding carboxylic acids is 1. The van der Waals surface area contributed by atoms with E-state index in [4.69, 9.17) is 0 Å². The summed E-state index contributed by atoms with van der Waals surface area (Å²) < 4.78 is 1.98. The second-order valence-corrected chi connectivity index (χ2v) is 7.17. The Morgan fingerprint density at radius 2 is 1.90 bits per heavy atom. The van der Waals surface area contributed by atoms with Crippen molar-refractivity contribution >= 4 is 17.7 Å². The van der Waals surface area contributed by atoms with Gasteiger partial charge in [0.15, 0.2) is 5.69 Å². The minimum absolute atomic E-state index is 0.147. The first-order valence-corrected chi connectivity index (χ1v) is 9.49. The van der Waals surface area contributed by atoms with E-state index in [1.165, 1.54) is 4.90 Å². The van der Waals surface area contributed by atoms with Crippen molar-refractivity contribution in [3.8, 4) is 0 Å². The molecule has 0 unspecified atom stereocenters. The lowest BCUT2D eigenvalue weighted by Gasteiger charge is -2.27. The number of rotatable bonds is 4. The summed E-state index contributed by atoms with van der Waals surface area (Å²) >= 11 is 0. The van der Waals surface area contributed by atoms with Crippen LogP contribution >= 0.6 is 0 Å². The van der Waals surface area contributed by atoms with E-state index in [0.29, 0.717) is 30.9 Å². The first-order chi connectivity index (χ1) is 14.0. The molecule has 2 heterocycles. The molecule has 0 saturated carbocycles. The number of fused-ring (bicyclic) bond motifs is 1. The van der Waals surface area contributed by atoms with Crippen LogP contribution in [0.3, 0.4) is 0 Å². The summed E-state index contributed by atoms with van der Waals surface area (Å²) in [6.07, 6.45) is -0.411. The van der Waals surface area contributed by atoms with E-state index in [0.717, 1.165) is 17.0 Å². The average molecular weight is 390 g/mol. The summed E-state index contributed by atoms with van der Waals surface area (Å²) in [7, 11) is 0. The molecule has 2 aromatic carbocycles. The van der Waals surface area contributed by atoms with Crippen LogP contribution in [0.25, 0.3) is 0 Å². The van der Waals surface area contributed by atoms with E-state index in [9.17, 15) is 14.7 Å². The first kappa shape index (κ1) is 18.7. The molecule has 4 rings (SSSR count). The molecule has 0 radical (unpaired) electrons. The highest BCUT2D eigenvalue weighted by Crippen LogP contribution is 2.23. The summed E-state index contributed by atoms with van der Waals surface area (Å²) in [5.41, 5.74) is 3.73. The molecular formula is C22H22N4O3. The maximum atomic E-state index is 13.0. The van der Waals surface area contributed by atoms with Crippen LogP contribution in [0, 0.1) is 6.92 Å². The summed E-state index contributed by atoms with van der Waals surface area (Å²) in [6, 6.07) is 17.4. The fourth-order valence-corrected chi connectivity index (χ4v) is 3.61. The maximum Gasteiger partial charge on any atom is 0.407 e. The quantitative estimate of drug-likeness (QED) is 0.713. The van der Waals surface area contributed by atoms with Crippen molar-refractivity contribution in [1.29, 1.82) is 0 Å². The van der Waals surface area contributed by atoms with Gasteiger partial charge in [0.25, 0.3) is 5.91 Å². The van der Waals surface area contributed by atoms with Gasteiger partial charge >= 0.3 is 6.09 Å². The molecule has 2 amide bonds. The fourth-order valence-electron chi connectivity index (χ4n) is 3.61. The van der Waals surface area contributed by atoms with Gasteiger partial charge in [-0.25, -0.2) is 9.78 Å². The van der Waals surface area contributed by atoms with E-state index in [2.05, 4.69) is 10.3 Å². The highest BCUT2D eigenvalue weighted by atomic mass is 16.4. The average Bonchev–Trinajstić information content (AvgIpc) is 3.06. The standard InChI is InChI=1S/C22H22N4O3/c1-15-6-5-9-17(12-15)23-21(27)20-18-14-25(22(28)29)10-11-26(18)19(24-20)13-16-7-3-2-4-8-16/h2-9,12H,10-11,13-14H2,1H3,(H,23,27)(H,28,29). The highest BCUT2D eigenvalue weighted by Gasteiger charge is 2.29. The number of imidazole rings is 1. The first-order valence-electron chi connectivity index (χ1n) is 9.49. The molecule has 0 saturated heterocycles. The van der Waals surface area contributed by atoms with E-state index in [1.54, 1.807) is 0 Å². The molecule has 1 aromatic heterocycles. The normalized spacial score (nSPS) is 13.1. The molecule has 148 valence electrons. The fraction of sp³-hybridized carbons (Fsp3) is 0.227. The number of carbonyl (C=O) groups is 2. The lowest BCUT2D eigenvalue weighted by Crippen LogP contribution is -2.38. The number of hydrogen-bond donors (Lipinski definition) is 2. The number of hydrogen-bond acceptors (Lipinski definition) is 3. The third kappa shape index (κ3) is 3.99. The van der Waals surface area contributed by atoms with Crippen molar-refractivity contribution < 1.29 is 14.7 Å². The van der Waals surface area contributed by atoms with Crippen molar-refractivity contribution in [2.75, 3.05) is 11.9 Å². The van der Waals surface area contributed by atoms with E-state index < -0.39 is 6.09 Å². The summed E-state index contributed by atoms with van der Waals surface area (Å²) in [4.78, 5) is 30.4. The van der Waals surface area contributed by atoms with Crippen LogP contribution in [-0.2, 0) is 19.5 Å². The van der Waals surface area contributed by atoms with E-state index in [-0.39, 0.29) is 18.1 Å². The number of benzene rings is 2. The van der Waals surface area contributed by atoms with E-state index in [1.807, 2.05) is 66.1 Å². The topological polar surface area (TPSA) is 87.5 Å². The summed E-state index contributed by atoms with van der Waals surface area (Å²) in [6.45, 7) is 2.96. The smallest absolute Gasteiger partial charge is 0.407 e. The van der Waals surface area contributed by atoms with Crippen molar-refractivity contribution in [2.45, 2.75) is 26.4 Å². The molecule has 2 N–H and O–H groups in total. The number of nitrogens with one attached hydrogen (secondary N) is 1. The molecule has 29 heavy (non-hydrogen) atoms. The highest BCUT2D eigenvalue weighted by molar-refractivity contribution is 6.03. The zero-order valence-electron chi connectivity index (χ0n) is 16.1. The summed E-state index contributed by atoms with van der Waals surface area (Å²) in [5.74, 6) is 0.441. The number of amides is 2. The zero-order valence-corrected chi connectivity index (χ0v) is 16.1. The Morgan fingerprint density at radius 3 is 2.62 bits per heavy atom. The molecule has 0 spiro atoms. The minimum atomic E-state index is -0.993. The lowest BCUT2D eigenvalue weighted by molar-refractivity contribution is 0.101. The van der Waals surface area contributed by atoms with Crippen molar-refractivity contribution in [2.24, 2.45) is 0 Å². The van der Waals surface area contributed by atoms with Gasteiger partial charge in [0.1, 0.15) is 5.82 Å². The van der Waals surface area contributed by atoms with Crippen molar-refractivity contribution in [1.82, 2.24) is 14.5 Å². The van der Waals surface area contributed by atoms with Gasteiger partial charge in [-0.2, -0.15) is 0 Å². The van der Waals surface area contributed by atoms with Crippen LogP contribution in [0.1, 0.15) is 33.1 Å². The number of nitrogens with zero attached hydrogens (tertiary/aromatic N) is 3. The Balaban J connectivity index is 1.68. The Bertz CT molecular complexity index is 1060. The molecular weight excluding hydrogens is 368 g/mol. The van der Waals surface area contributed by atoms with Crippen molar-refractivity contribution in [3.63, 3.8) is 0 Å². The van der Waals surface area contributed by atoms with Gasteiger partial charge < -0.3 is 19.9 Å². The van der Waals surface area contributed by atoms with E-state index >= 15 is 0 Å². The third-order valence-electron chi connectivity index (χ3n) is 5.05. The Labute approximate surface area is 168 Å². The molecule has 0 aliphatic carbocycles. The SMILES string of the molecule is Cc1cccc(NC(=O)c2nc(Cc3ccccc3)n3c2CN(C(=O)O)CC3)c1.